The van der Waals surface area contributed by atoms with Crippen LogP contribution in [0.25, 0.3) is 0 Å². The minimum absolute atomic E-state index is 0.0459. The summed E-state index contributed by atoms with van der Waals surface area (Å²) in [6.45, 7) is -0.174. The molecule has 1 aromatic carbocycles. The Morgan fingerprint density at radius 2 is 1.59 bits per heavy atom. The summed E-state index contributed by atoms with van der Waals surface area (Å²) < 4.78 is 0. The highest BCUT2D eigenvalue weighted by Gasteiger charge is 2.27. The van der Waals surface area contributed by atoms with Crippen molar-refractivity contribution in [3.63, 3.8) is 0 Å². The minimum Gasteiger partial charge on any atom is -0.508 e. The van der Waals surface area contributed by atoms with Crippen molar-refractivity contribution in [2.75, 3.05) is 18.8 Å². The molecule has 0 spiro atoms. The van der Waals surface area contributed by atoms with Crippen LogP contribution < -0.4 is 27.4 Å². The molecule has 0 aliphatic rings. The summed E-state index contributed by atoms with van der Waals surface area (Å²) in [4.78, 5) is 48.1. The number of carbonyl (C=O) groups is 4. The Morgan fingerprint density at radius 1 is 0.969 bits per heavy atom. The van der Waals surface area contributed by atoms with Crippen LogP contribution in [0.3, 0.4) is 0 Å². The fourth-order valence-electron chi connectivity index (χ4n) is 2.77. The van der Waals surface area contributed by atoms with Gasteiger partial charge in [-0.1, -0.05) is 12.1 Å². The third-order valence-electron chi connectivity index (χ3n) is 4.54. The summed E-state index contributed by atoms with van der Waals surface area (Å²) in [7, 11) is 0. The van der Waals surface area contributed by atoms with Gasteiger partial charge in [-0.15, -0.1) is 0 Å². The van der Waals surface area contributed by atoms with Gasteiger partial charge in [0.2, 0.25) is 17.7 Å². The quantitative estimate of drug-likeness (QED) is 0.119. The van der Waals surface area contributed by atoms with Gasteiger partial charge < -0.3 is 37.6 Å². The molecule has 0 aromatic heterocycles. The van der Waals surface area contributed by atoms with E-state index in [0.717, 1.165) is 5.56 Å². The van der Waals surface area contributed by atoms with E-state index in [-0.39, 0.29) is 24.3 Å². The maximum Gasteiger partial charge on any atom is 0.322 e. The third kappa shape index (κ3) is 9.98. The van der Waals surface area contributed by atoms with Crippen LogP contribution in [-0.2, 0) is 25.6 Å². The van der Waals surface area contributed by atoms with Crippen molar-refractivity contribution >= 4 is 36.3 Å². The predicted octanol–water partition coefficient (Wildman–Crippen LogP) is -1.51. The molecule has 0 fully saturated rings. The number of unbranched alkanes of at least 4 members (excludes halogenated alkanes) is 1. The van der Waals surface area contributed by atoms with E-state index in [1.807, 2.05) is 0 Å². The number of aromatic hydroxyl groups is 1. The van der Waals surface area contributed by atoms with Gasteiger partial charge in [0.05, 0.1) is 6.04 Å². The van der Waals surface area contributed by atoms with Gasteiger partial charge >= 0.3 is 5.97 Å². The van der Waals surface area contributed by atoms with Crippen molar-refractivity contribution in [3.05, 3.63) is 29.8 Å². The van der Waals surface area contributed by atoms with Gasteiger partial charge in [0, 0.05) is 5.75 Å². The molecule has 0 saturated heterocycles. The molecule has 0 bridgehead atoms. The maximum atomic E-state index is 12.6. The zero-order valence-electron chi connectivity index (χ0n) is 17.6. The van der Waals surface area contributed by atoms with Crippen molar-refractivity contribution in [3.8, 4) is 5.75 Å². The first-order valence-electron chi connectivity index (χ1n) is 10.1. The fourth-order valence-corrected chi connectivity index (χ4v) is 3.03. The van der Waals surface area contributed by atoms with Gasteiger partial charge in [0.1, 0.15) is 24.4 Å². The van der Waals surface area contributed by atoms with Gasteiger partial charge in [-0.25, -0.2) is 0 Å². The van der Waals surface area contributed by atoms with Crippen LogP contribution in [0.4, 0.5) is 0 Å². The van der Waals surface area contributed by atoms with Gasteiger partial charge in [0.25, 0.3) is 0 Å². The summed E-state index contributed by atoms with van der Waals surface area (Å²) in [5, 5.41) is 25.3. The van der Waals surface area contributed by atoms with E-state index >= 15 is 0 Å². The minimum atomic E-state index is -1.21. The number of carboxylic acid groups (broad SMARTS) is 1. The number of phenols is 1. The molecule has 178 valence electrons. The molecule has 32 heavy (non-hydrogen) atoms. The first-order chi connectivity index (χ1) is 15.2. The Morgan fingerprint density at radius 3 is 2.16 bits per heavy atom. The van der Waals surface area contributed by atoms with Gasteiger partial charge in [-0.3, -0.25) is 19.2 Å². The number of nitrogens with two attached hydrogens (primary N) is 2. The lowest BCUT2D eigenvalue weighted by Crippen LogP contribution is -2.56. The second-order valence-electron chi connectivity index (χ2n) is 7.18. The van der Waals surface area contributed by atoms with E-state index < -0.39 is 48.4 Å². The Hall–Kier alpha value is -2.83. The molecule has 0 aliphatic heterocycles. The van der Waals surface area contributed by atoms with Crippen molar-refractivity contribution in [2.24, 2.45) is 11.5 Å². The molecule has 0 heterocycles. The normalized spacial score (nSPS) is 13.5. The smallest absolute Gasteiger partial charge is 0.322 e. The Balaban J connectivity index is 2.72. The first kappa shape index (κ1) is 27.2. The van der Waals surface area contributed by atoms with Crippen molar-refractivity contribution in [1.29, 1.82) is 0 Å². The topological polar surface area (TPSA) is 197 Å². The number of carboxylic acids is 1. The molecule has 12 heteroatoms. The molecule has 1 aromatic rings. The lowest BCUT2D eigenvalue weighted by Gasteiger charge is -2.23. The Labute approximate surface area is 191 Å². The molecule has 0 aliphatic carbocycles. The van der Waals surface area contributed by atoms with Crippen molar-refractivity contribution < 1.29 is 29.4 Å². The summed E-state index contributed by atoms with van der Waals surface area (Å²) in [6, 6.07) is 3.22. The average Bonchev–Trinajstić information content (AvgIpc) is 2.76. The van der Waals surface area contributed by atoms with Gasteiger partial charge in [0.15, 0.2) is 0 Å². The van der Waals surface area contributed by atoms with Crippen LogP contribution in [-0.4, -0.2) is 70.9 Å². The van der Waals surface area contributed by atoms with E-state index in [9.17, 15) is 24.3 Å². The number of phenolic OH excluding ortho intramolecular Hbond substituents is 1. The van der Waals surface area contributed by atoms with Crippen LogP contribution in [0.1, 0.15) is 24.8 Å². The number of thiol groups is 1. The van der Waals surface area contributed by atoms with Gasteiger partial charge in [-0.05, 0) is 49.9 Å². The van der Waals surface area contributed by atoms with E-state index in [1.165, 1.54) is 12.1 Å². The number of rotatable bonds is 14. The van der Waals surface area contributed by atoms with E-state index in [2.05, 4.69) is 28.6 Å². The summed E-state index contributed by atoms with van der Waals surface area (Å²) in [5.41, 5.74) is 12.1. The van der Waals surface area contributed by atoms with E-state index in [1.54, 1.807) is 12.1 Å². The summed E-state index contributed by atoms with van der Waals surface area (Å²) >= 11 is 4.10. The first-order valence-corrected chi connectivity index (χ1v) is 10.8. The molecule has 3 amide bonds. The number of hydrogen-bond donors (Lipinski definition) is 8. The van der Waals surface area contributed by atoms with Crippen LogP contribution in [0.5, 0.6) is 5.75 Å². The van der Waals surface area contributed by atoms with Crippen LogP contribution in [0, 0.1) is 0 Å². The molecular formula is C20H31N5O6S. The molecule has 3 atom stereocenters. The highest BCUT2D eigenvalue weighted by Crippen LogP contribution is 2.11. The van der Waals surface area contributed by atoms with E-state index in [4.69, 9.17) is 16.6 Å². The average molecular weight is 470 g/mol. The number of benzene rings is 1. The highest BCUT2D eigenvalue weighted by atomic mass is 32.1. The zero-order valence-corrected chi connectivity index (χ0v) is 18.5. The molecule has 0 radical (unpaired) electrons. The molecular weight excluding hydrogens is 438 g/mol. The van der Waals surface area contributed by atoms with Crippen molar-refractivity contribution in [2.45, 2.75) is 43.8 Å². The number of amides is 3. The SMILES string of the molecule is NCCCCC(NC(=O)C(CS)NC(=O)C(N)Cc1ccc(O)cc1)C(=O)NCC(=O)O. The van der Waals surface area contributed by atoms with Crippen molar-refractivity contribution in [1.82, 2.24) is 16.0 Å². The zero-order chi connectivity index (χ0) is 24.1. The lowest BCUT2D eigenvalue weighted by atomic mass is 10.1. The Kier molecular flexibility index (Phi) is 12.1. The van der Waals surface area contributed by atoms with E-state index in [0.29, 0.717) is 19.4 Å². The molecule has 11 nitrogen and oxygen atoms in total. The highest BCUT2D eigenvalue weighted by molar-refractivity contribution is 7.80. The van der Waals surface area contributed by atoms with Crippen LogP contribution in [0.2, 0.25) is 0 Å². The number of carbonyl (C=O) groups excluding carboxylic acids is 3. The van der Waals surface area contributed by atoms with Gasteiger partial charge in [-0.2, -0.15) is 12.6 Å². The molecule has 9 N–H and O–H groups in total. The lowest BCUT2D eigenvalue weighted by molar-refractivity contribution is -0.138. The maximum absolute atomic E-state index is 12.6. The Bertz CT molecular complexity index is 776. The van der Waals surface area contributed by atoms with Crippen LogP contribution in [0.15, 0.2) is 24.3 Å². The number of aliphatic carboxylic acids is 1. The second kappa shape index (κ2) is 14.3. The predicted molar refractivity (Wildman–Crippen MR) is 121 cm³/mol. The number of hydrogen-bond acceptors (Lipinski definition) is 8. The standard InChI is InChI=1S/C20H31N5O6S/c21-8-2-1-3-15(19(30)23-10-17(27)28)24-20(31)16(11-32)25-18(29)14(22)9-12-4-6-13(26)7-5-12/h4-7,14-16,26,32H,1-3,8-11,21-22H2,(H,23,30)(H,24,31)(H,25,29)(H,27,28). The van der Waals surface area contributed by atoms with Crippen LogP contribution >= 0.6 is 12.6 Å². The fraction of sp³-hybridized carbons (Fsp3) is 0.500. The number of nitrogens with one attached hydrogen (secondary N) is 3. The molecule has 3 unspecified atom stereocenters. The molecule has 0 saturated carbocycles. The summed E-state index contributed by atoms with van der Waals surface area (Å²) in [5.74, 6) is -3.04. The monoisotopic (exact) mass is 469 g/mol. The second-order valence-corrected chi connectivity index (χ2v) is 7.54. The summed E-state index contributed by atoms with van der Waals surface area (Å²) in [6.07, 6.45) is 1.60. The third-order valence-corrected chi connectivity index (χ3v) is 4.90. The molecule has 1 rings (SSSR count). The largest absolute Gasteiger partial charge is 0.508 e.